The second-order valence-electron chi connectivity index (χ2n) is 3.09. The lowest BCUT2D eigenvalue weighted by molar-refractivity contribution is -0.135. The summed E-state index contributed by atoms with van der Waals surface area (Å²) < 4.78 is 0. The summed E-state index contributed by atoms with van der Waals surface area (Å²) in [7, 11) is 0. The van der Waals surface area contributed by atoms with Crippen molar-refractivity contribution in [3.63, 3.8) is 0 Å². The molecule has 5 heteroatoms. The fourth-order valence-corrected chi connectivity index (χ4v) is 1.43. The van der Waals surface area contributed by atoms with E-state index in [4.69, 9.17) is 21.8 Å². The van der Waals surface area contributed by atoms with Gasteiger partial charge in [-0.25, -0.2) is 4.79 Å². The molecule has 84 valence electrons. The molecule has 1 aromatic rings. The Kier molecular flexibility index (Phi) is 4.08. The van der Waals surface area contributed by atoms with Crippen LogP contribution in [-0.4, -0.2) is 22.2 Å². The van der Waals surface area contributed by atoms with Crippen LogP contribution in [0.3, 0.4) is 0 Å². The molecule has 4 nitrogen and oxygen atoms in total. The largest absolute Gasteiger partial charge is 0.481 e. The minimum absolute atomic E-state index is 0.211. The Labute approximate surface area is 96.8 Å². The van der Waals surface area contributed by atoms with Gasteiger partial charge >= 0.3 is 11.9 Å². The lowest BCUT2D eigenvalue weighted by atomic mass is 10.0. The van der Waals surface area contributed by atoms with E-state index < -0.39 is 11.9 Å². The first-order chi connectivity index (χ1) is 7.49. The fraction of sp³-hybridized carbons (Fsp3) is 0.0909. The van der Waals surface area contributed by atoms with Gasteiger partial charge < -0.3 is 10.2 Å². The predicted octanol–water partition coefficient (Wildman–Crippen LogP) is 2.28. The standard InChI is InChI=1S/C11H9ClO4/c12-9-3-1-2-7(4-9)8(5-10(13)14)6-11(15)16/h1-5H,6H2,(H,13,14)(H,15,16)/b8-5-. The summed E-state index contributed by atoms with van der Waals surface area (Å²) >= 11 is 5.74. The van der Waals surface area contributed by atoms with Crippen molar-refractivity contribution in [3.8, 4) is 0 Å². The molecule has 16 heavy (non-hydrogen) atoms. The first kappa shape index (κ1) is 12.3. The van der Waals surface area contributed by atoms with Gasteiger partial charge in [-0.2, -0.15) is 0 Å². The second kappa shape index (κ2) is 5.32. The maximum Gasteiger partial charge on any atom is 0.328 e. The molecule has 0 heterocycles. The molecule has 0 aliphatic rings. The van der Waals surface area contributed by atoms with Crippen molar-refractivity contribution in [2.45, 2.75) is 6.42 Å². The van der Waals surface area contributed by atoms with Gasteiger partial charge in [-0.15, -0.1) is 0 Å². The minimum Gasteiger partial charge on any atom is -0.481 e. The summed E-state index contributed by atoms with van der Waals surface area (Å²) in [6, 6.07) is 6.41. The van der Waals surface area contributed by atoms with Gasteiger partial charge in [0.2, 0.25) is 0 Å². The zero-order chi connectivity index (χ0) is 12.1. The molecule has 0 aliphatic heterocycles. The summed E-state index contributed by atoms with van der Waals surface area (Å²) in [5.41, 5.74) is 0.708. The van der Waals surface area contributed by atoms with Gasteiger partial charge in [0, 0.05) is 11.1 Å². The molecule has 0 atom stereocenters. The van der Waals surface area contributed by atoms with E-state index in [-0.39, 0.29) is 12.0 Å². The predicted molar refractivity (Wildman–Crippen MR) is 59.3 cm³/mol. The maximum atomic E-state index is 10.6. The van der Waals surface area contributed by atoms with Crippen LogP contribution in [0.25, 0.3) is 5.57 Å². The van der Waals surface area contributed by atoms with Crippen LogP contribution in [0.4, 0.5) is 0 Å². The summed E-state index contributed by atoms with van der Waals surface area (Å²) in [4.78, 5) is 21.1. The van der Waals surface area contributed by atoms with E-state index in [0.717, 1.165) is 6.08 Å². The van der Waals surface area contributed by atoms with Gasteiger partial charge in [0.25, 0.3) is 0 Å². The molecule has 0 unspecified atom stereocenters. The van der Waals surface area contributed by atoms with E-state index in [1.807, 2.05) is 0 Å². The van der Waals surface area contributed by atoms with E-state index in [0.29, 0.717) is 10.6 Å². The van der Waals surface area contributed by atoms with Crippen molar-refractivity contribution in [1.29, 1.82) is 0 Å². The van der Waals surface area contributed by atoms with Gasteiger partial charge in [0.15, 0.2) is 0 Å². The van der Waals surface area contributed by atoms with Crippen LogP contribution in [0.5, 0.6) is 0 Å². The molecular weight excluding hydrogens is 232 g/mol. The summed E-state index contributed by atoms with van der Waals surface area (Å²) in [5, 5.41) is 17.7. The number of hydrogen-bond acceptors (Lipinski definition) is 2. The van der Waals surface area contributed by atoms with E-state index in [9.17, 15) is 9.59 Å². The molecule has 2 N–H and O–H groups in total. The van der Waals surface area contributed by atoms with E-state index in [1.165, 1.54) is 6.07 Å². The number of rotatable bonds is 4. The lowest BCUT2D eigenvalue weighted by Crippen LogP contribution is -2.00. The van der Waals surface area contributed by atoms with Crippen LogP contribution in [0.2, 0.25) is 5.02 Å². The summed E-state index contributed by atoms with van der Waals surface area (Å²) in [6.07, 6.45) is 0.520. The molecule has 0 radical (unpaired) electrons. The van der Waals surface area contributed by atoms with Crippen LogP contribution < -0.4 is 0 Å². The third kappa shape index (κ3) is 3.74. The monoisotopic (exact) mass is 240 g/mol. The topological polar surface area (TPSA) is 74.6 Å². The van der Waals surface area contributed by atoms with Crippen LogP contribution in [0, 0.1) is 0 Å². The van der Waals surface area contributed by atoms with Gasteiger partial charge in [0.05, 0.1) is 6.42 Å². The number of benzene rings is 1. The molecule has 0 bridgehead atoms. The lowest BCUT2D eigenvalue weighted by Gasteiger charge is -2.04. The van der Waals surface area contributed by atoms with E-state index in [1.54, 1.807) is 18.2 Å². The Morgan fingerprint density at radius 1 is 1.31 bits per heavy atom. The highest BCUT2D eigenvalue weighted by Gasteiger charge is 2.09. The Balaban J connectivity index is 3.11. The highest BCUT2D eigenvalue weighted by atomic mass is 35.5. The Morgan fingerprint density at radius 3 is 2.50 bits per heavy atom. The molecule has 1 aromatic carbocycles. The van der Waals surface area contributed by atoms with Crippen molar-refractivity contribution in [1.82, 2.24) is 0 Å². The van der Waals surface area contributed by atoms with Crippen LogP contribution in [-0.2, 0) is 9.59 Å². The van der Waals surface area contributed by atoms with Gasteiger partial charge in [-0.05, 0) is 23.3 Å². The quantitative estimate of drug-likeness (QED) is 0.792. The number of carboxylic acids is 2. The van der Waals surface area contributed by atoms with Crippen molar-refractivity contribution in [2.75, 3.05) is 0 Å². The molecule has 0 saturated heterocycles. The van der Waals surface area contributed by atoms with Crippen molar-refractivity contribution in [2.24, 2.45) is 0 Å². The normalized spacial score (nSPS) is 11.2. The zero-order valence-corrected chi connectivity index (χ0v) is 8.94. The average molecular weight is 241 g/mol. The second-order valence-corrected chi connectivity index (χ2v) is 3.53. The van der Waals surface area contributed by atoms with Crippen LogP contribution >= 0.6 is 11.6 Å². The smallest absolute Gasteiger partial charge is 0.328 e. The Hall–Kier alpha value is -1.81. The first-order valence-electron chi connectivity index (χ1n) is 4.40. The Bertz CT molecular complexity index is 451. The Morgan fingerprint density at radius 2 is 2.00 bits per heavy atom. The zero-order valence-electron chi connectivity index (χ0n) is 8.18. The van der Waals surface area contributed by atoms with Gasteiger partial charge in [-0.1, -0.05) is 23.7 Å². The summed E-state index contributed by atoms with van der Waals surface area (Å²) in [6.45, 7) is 0. The third-order valence-electron chi connectivity index (χ3n) is 1.83. The number of aliphatic carboxylic acids is 2. The summed E-state index contributed by atoms with van der Waals surface area (Å²) in [5.74, 6) is -2.27. The molecule has 0 aromatic heterocycles. The van der Waals surface area contributed by atoms with Gasteiger partial charge in [0.1, 0.15) is 0 Å². The maximum absolute atomic E-state index is 10.6. The number of hydrogen-bond donors (Lipinski definition) is 2. The molecule has 0 aliphatic carbocycles. The average Bonchev–Trinajstić information content (AvgIpc) is 2.15. The molecule has 0 fully saturated rings. The fourth-order valence-electron chi connectivity index (χ4n) is 1.24. The third-order valence-corrected chi connectivity index (χ3v) is 2.07. The minimum atomic E-state index is -1.18. The molecule has 0 amide bonds. The first-order valence-corrected chi connectivity index (χ1v) is 4.78. The van der Waals surface area contributed by atoms with E-state index in [2.05, 4.69) is 0 Å². The molecule has 0 spiro atoms. The van der Waals surface area contributed by atoms with E-state index >= 15 is 0 Å². The van der Waals surface area contributed by atoms with Crippen molar-refractivity contribution in [3.05, 3.63) is 40.9 Å². The van der Waals surface area contributed by atoms with Crippen LogP contribution in [0.15, 0.2) is 30.3 Å². The van der Waals surface area contributed by atoms with Crippen molar-refractivity contribution >= 4 is 29.1 Å². The number of carbonyl (C=O) groups is 2. The highest BCUT2D eigenvalue weighted by molar-refractivity contribution is 6.30. The van der Waals surface area contributed by atoms with Crippen LogP contribution in [0.1, 0.15) is 12.0 Å². The number of halogens is 1. The molecule has 0 saturated carbocycles. The molecular formula is C11H9ClO4. The molecule has 1 rings (SSSR count). The highest BCUT2D eigenvalue weighted by Crippen LogP contribution is 2.21. The number of carboxylic acid groups (broad SMARTS) is 2. The van der Waals surface area contributed by atoms with Crippen molar-refractivity contribution < 1.29 is 19.8 Å². The SMILES string of the molecule is O=C(O)/C=C(/CC(=O)O)c1cccc(Cl)c1. The van der Waals surface area contributed by atoms with Gasteiger partial charge in [-0.3, -0.25) is 4.79 Å².